The molecule has 6 heteroatoms. The minimum absolute atomic E-state index is 0.233. The molecule has 0 aromatic heterocycles. The zero-order chi connectivity index (χ0) is 12.1. The average molecular weight is 264 g/mol. The molecule has 0 spiro atoms. The molecule has 0 aliphatic carbocycles. The van der Waals surface area contributed by atoms with E-state index in [1.807, 2.05) is 0 Å². The van der Waals surface area contributed by atoms with Gasteiger partial charge in [-0.15, -0.1) is 0 Å². The zero-order valence-corrected chi connectivity index (χ0v) is 9.79. The lowest BCUT2D eigenvalue weighted by Gasteiger charge is -2.12. The molecule has 1 rings (SSSR count). The van der Waals surface area contributed by atoms with Crippen LogP contribution in [-0.4, -0.2) is 28.8 Å². The van der Waals surface area contributed by atoms with Gasteiger partial charge in [0, 0.05) is 6.54 Å². The highest BCUT2D eigenvalue weighted by Gasteiger charge is 2.15. The van der Waals surface area contributed by atoms with E-state index >= 15 is 0 Å². The third-order valence-corrected chi connectivity index (χ3v) is 2.91. The van der Waals surface area contributed by atoms with Gasteiger partial charge >= 0.3 is 5.97 Å². The lowest BCUT2D eigenvalue weighted by molar-refractivity contribution is -0.140. The number of hydrogen-bond acceptors (Lipinski definition) is 3. The molecule has 4 nitrogen and oxygen atoms in total. The second-order valence-corrected chi connectivity index (χ2v) is 3.95. The number of aliphatic hydroxyl groups is 1. The highest BCUT2D eigenvalue weighted by Crippen LogP contribution is 2.25. The number of benzene rings is 1. The van der Waals surface area contributed by atoms with Crippen molar-refractivity contribution in [1.82, 2.24) is 5.32 Å². The number of nitrogens with one attached hydrogen (secondary N) is 1. The molecule has 0 aliphatic rings. The fourth-order valence-corrected chi connectivity index (χ4v) is 1.54. The van der Waals surface area contributed by atoms with Crippen LogP contribution < -0.4 is 5.32 Å². The molecule has 1 atom stereocenters. The molecular formula is C10H11Cl2NO3. The number of aliphatic carboxylic acids is 1. The van der Waals surface area contributed by atoms with Crippen LogP contribution in [0.25, 0.3) is 0 Å². The Hall–Kier alpha value is -0.810. The van der Waals surface area contributed by atoms with Gasteiger partial charge in [0.05, 0.1) is 16.7 Å². The molecule has 0 bridgehead atoms. The van der Waals surface area contributed by atoms with E-state index in [1.165, 1.54) is 0 Å². The molecule has 0 radical (unpaired) electrons. The maximum absolute atomic E-state index is 10.6. The van der Waals surface area contributed by atoms with Crippen molar-refractivity contribution in [2.75, 3.05) is 6.61 Å². The molecule has 1 aromatic carbocycles. The Kier molecular flexibility index (Phi) is 5.02. The molecule has 3 N–H and O–H groups in total. The molecule has 0 saturated carbocycles. The van der Waals surface area contributed by atoms with E-state index in [1.54, 1.807) is 18.2 Å². The summed E-state index contributed by atoms with van der Waals surface area (Å²) in [4.78, 5) is 10.6. The third kappa shape index (κ3) is 3.35. The van der Waals surface area contributed by atoms with Gasteiger partial charge in [-0.05, 0) is 11.6 Å². The standard InChI is InChI=1S/C10H11Cl2NO3/c11-7-3-1-2-6(9(7)12)4-13-8(5-14)10(15)16/h1-3,8,13-14H,4-5H2,(H,15,16). The third-order valence-electron chi connectivity index (χ3n) is 2.05. The van der Waals surface area contributed by atoms with Crippen LogP contribution in [-0.2, 0) is 11.3 Å². The van der Waals surface area contributed by atoms with Crippen molar-refractivity contribution in [2.45, 2.75) is 12.6 Å². The lowest BCUT2D eigenvalue weighted by Crippen LogP contribution is -2.39. The maximum Gasteiger partial charge on any atom is 0.323 e. The van der Waals surface area contributed by atoms with Gasteiger partial charge in [0.15, 0.2) is 0 Å². The average Bonchev–Trinajstić information content (AvgIpc) is 2.24. The Morgan fingerprint density at radius 3 is 2.69 bits per heavy atom. The van der Waals surface area contributed by atoms with Gasteiger partial charge < -0.3 is 10.2 Å². The van der Waals surface area contributed by atoms with Gasteiger partial charge in [-0.2, -0.15) is 0 Å². The van der Waals surface area contributed by atoms with E-state index in [4.69, 9.17) is 33.4 Å². The van der Waals surface area contributed by atoms with Crippen molar-refractivity contribution < 1.29 is 15.0 Å². The van der Waals surface area contributed by atoms with Gasteiger partial charge in [0.2, 0.25) is 0 Å². The summed E-state index contributed by atoms with van der Waals surface area (Å²) in [7, 11) is 0. The Bertz CT molecular complexity index is 384. The fraction of sp³-hybridized carbons (Fsp3) is 0.300. The summed E-state index contributed by atoms with van der Waals surface area (Å²) in [5, 5.41) is 21.0. The van der Waals surface area contributed by atoms with Gasteiger partial charge in [-0.3, -0.25) is 10.1 Å². The summed E-state index contributed by atoms with van der Waals surface area (Å²) >= 11 is 11.7. The van der Waals surface area contributed by atoms with Crippen LogP contribution in [0, 0.1) is 0 Å². The molecule has 16 heavy (non-hydrogen) atoms. The molecule has 0 amide bonds. The quantitative estimate of drug-likeness (QED) is 0.754. The Morgan fingerprint density at radius 2 is 2.12 bits per heavy atom. The number of carboxylic acids is 1. The molecule has 0 aliphatic heterocycles. The van der Waals surface area contributed by atoms with Gasteiger partial charge in [0.1, 0.15) is 6.04 Å². The zero-order valence-electron chi connectivity index (χ0n) is 8.28. The van der Waals surface area contributed by atoms with Crippen LogP contribution in [0.3, 0.4) is 0 Å². The minimum Gasteiger partial charge on any atom is -0.480 e. The molecule has 0 heterocycles. The van der Waals surface area contributed by atoms with Crippen LogP contribution in [0.4, 0.5) is 0 Å². The summed E-state index contributed by atoms with van der Waals surface area (Å²) in [6.07, 6.45) is 0. The van der Waals surface area contributed by atoms with Crippen molar-refractivity contribution in [3.05, 3.63) is 33.8 Å². The van der Waals surface area contributed by atoms with E-state index in [-0.39, 0.29) is 6.54 Å². The molecular weight excluding hydrogens is 253 g/mol. The topological polar surface area (TPSA) is 69.6 Å². The highest BCUT2D eigenvalue weighted by atomic mass is 35.5. The largest absolute Gasteiger partial charge is 0.480 e. The van der Waals surface area contributed by atoms with Crippen LogP contribution in [0.1, 0.15) is 5.56 Å². The van der Waals surface area contributed by atoms with Crippen LogP contribution in [0.5, 0.6) is 0 Å². The predicted molar refractivity (Wildman–Crippen MR) is 61.8 cm³/mol. The Balaban J connectivity index is 2.67. The Labute approximate surface area is 103 Å². The fourth-order valence-electron chi connectivity index (χ4n) is 1.15. The summed E-state index contributed by atoms with van der Waals surface area (Å²) in [5.41, 5.74) is 0.689. The first-order valence-electron chi connectivity index (χ1n) is 4.56. The minimum atomic E-state index is -1.11. The van der Waals surface area contributed by atoms with Gasteiger partial charge in [-0.1, -0.05) is 35.3 Å². The van der Waals surface area contributed by atoms with Gasteiger partial charge in [0.25, 0.3) is 0 Å². The number of aliphatic hydroxyl groups excluding tert-OH is 1. The summed E-state index contributed by atoms with van der Waals surface area (Å²) in [5.74, 6) is -1.11. The van der Waals surface area contributed by atoms with E-state index in [0.717, 1.165) is 0 Å². The van der Waals surface area contributed by atoms with Crippen molar-refractivity contribution in [3.8, 4) is 0 Å². The van der Waals surface area contributed by atoms with Gasteiger partial charge in [-0.25, -0.2) is 0 Å². The number of rotatable bonds is 5. The smallest absolute Gasteiger partial charge is 0.323 e. The first kappa shape index (κ1) is 13.3. The first-order chi connectivity index (χ1) is 7.56. The van der Waals surface area contributed by atoms with Crippen LogP contribution >= 0.6 is 23.2 Å². The van der Waals surface area contributed by atoms with Crippen LogP contribution in [0.15, 0.2) is 18.2 Å². The first-order valence-corrected chi connectivity index (χ1v) is 5.31. The maximum atomic E-state index is 10.6. The highest BCUT2D eigenvalue weighted by molar-refractivity contribution is 6.42. The second kappa shape index (κ2) is 6.06. The lowest BCUT2D eigenvalue weighted by atomic mass is 10.2. The molecule has 1 unspecified atom stereocenters. The molecule has 88 valence electrons. The number of halogens is 2. The van der Waals surface area contributed by atoms with Crippen molar-refractivity contribution in [3.63, 3.8) is 0 Å². The predicted octanol–water partition coefficient (Wildman–Crippen LogP) is 1.53. The van der Waals surface area contributed by atoms with E-state index in [2.05, 4.69) is 5.32 Å². The van der Waals surface area contributed by atoms with Crippen LogP contribution in [0.2, 0.25) is 10.0 Å². The monoisotopic (exact) mass is 263 g/mol. The normalized spacial score (nSPS) is 12.4. The number of hydrogen-bond donors (Lipinski definition) is 3. The molecule has 0 fully saturated rings. The summed E-state index contributed by atoms with van der Waals surface area (Å²) in [6.45, 7) is -0.246. The second-order valence-electron chi connectivity index (χ2n) is 3.17. The van der Waals surface area contributed by atoms with Crippen molar-refractivity contribution >= 4 is 29.2 Å². The number of carbonyl (C=O) groups is 1. The van der Waals surface area contributed by atoms with E-state index < -0.39 is 18.6 Å². The summed E-state index contributed by atoms with van der Waals surface area (Å²) in [6, 6.07) is 4.10. The Morgan fingerprint density at radius 1 is 1.44 bits per heavy atom. The van der Waals surface area contributed by atoms with Crippen molar-refractivity contribution in [1.29, 1.82) is 0 Å². The number of carboxylic acid groups (broad SMARTS) is 1. The molecule has 1 aromatic rings. The van der Waals surface area contributed by atoms with E-state index in [0.29, 0.717) is 15.6 Å². The van der Waals surface area contributed by atoms with E-state index in [9.17, 15) is 4.79 Å². The van der Waals surface area contributed by atoms with Crippen molar-refractivity contribution in [2.24, 2.45) is 0 Å². The SMILES string of the molecule is O=C(O)C(CO)NCc1cccc(Cl)c1Cl. The molecule has 0 saturated heterocycles. The summed E-state index contributed by atoms with van der Waals surface area (Å²) < 4.78 is 0.